The monoisotopic (exact) mass is 413 g/mol. The molecule has 0 aliphatic carbocycles. The fourth-order valence-electron chi connectivity index (χ4n) is 3.66. The van der Waals surface area contributed by atoms with Crippen LogP contribution in [0.5, 0.6) is 5.88 Å². The van der Waals surface area contributed by atoms with Gasteiger partial charge in [-0.1, -0.05) is 0 Å². The van der Waals surface area contributed by atoms with Gasteiger partial charge >= 0.3 is 6.03 Å². The number of fused-ring (bicyclic) bond motifs is 1. The molecular weight excluding hydrogens is 386 g/mol. The smallest absolute Gasteiger partial charge is 0.319 e. The summed E-state index contributed by atoms with van der Waals surface area (Å²) in [6.45, 7) is 5.04. The molecule has 0 radical (unpaired) electrons. The van der Waals surface area contributed by atoms with Crippen LogP contribution in [0.15, 0.2) is 24.3 Å². The summed E-state index contributed by atoms with van der Waals surface area (Å²) in [5.41, 5.74) is 2.55. The van der Waals surface area contributed by atoms with Gasteiger partial charge in [0.05, 0.1) is 38.0 Å². The van der Waals surface area contributed by atoms with E-state index < -0.39 is 0 Å². The highest BCUT2D eigenvalue weighted by Crippen LogP contribution is 2.34. The van der Waals surface area contributed by atoms with Crippen LogP contribution in [-0.4, -0.2) is 66.7 Å². The van der Waals surface area contributed by atoms with Gasteiger partial charge in [0.15, 0.2) is 5.82 Å². The molecule has 0 saturated carbocycles. The lowest BCUT2D eigenvalue weighted by Crippen LogP contribution is -2.45. The second-order valence-electron chi connectivity index (χ2n) is 7.41. The number of carbonyl (C=O) groups excluding carboxylic acids is 1. The van der Waals surface area contributed by atoms with E-state index in [1.807, 2.05) is 12.1 Å². The lowest BCUT2D eigenvalue weighted by molar-refractivity contribution is 0.0983. The van der Waals surface area contributed by atoms with Crippen molar-refractivity contribution in [1.82, 2.24) is 15.3 Å². The Morgan fingerprint density at radius 3 is 2.87 bits per heavy atom. The first-order chi connectivity index (χ1) is 14.7. The Hall–Kier alpha value is -2.91. The second kappa shape index (κ2) is 9.27. The minimum Gasteiger partial charge on any atom is -0.477 e. The molecule has 0 unspecified atom stereocenters. The molecule has 2 aliphatic heterocycles. The molecule has 1 fully saturated rings. The zero-order valence-corrected chi connectivity index (χ0v) is 17.1. The number of aliphatic hydroxyl groups is 1. The number of anilines is 2. The third-order valence-corrected chi connectivity index (χ3v) is 5.20. The fourth-order valence-corrected chi connectivity index (χ4v) is 3.66. The van der Waals surface area contributed by atoms with Gasteiger partial charge in [0.1, 0.15) is 5.82 Å². The van der Waals surface area contributed by atoms with Crippen LogP contribution in [0.4, 0.5) is 16.3 Å². The van der Waals surface area contributed by atoms with E-state index in [-0.39, 0.29) is 25.2 Å². The maximum Gasteiger partial charge on any atom is 0.319 e. The Bertz CT molecular complexity index is 890. The zero-order valence-electron chi connectivity index (χ0n) is 17.1. The van der Waals surface area contributed by atoms with E-state index in [9.17, 15) is 4.79 Å². The van der Waals surface area contributed by atoms with E-state index in [0.29, 0.717) is 37.2 Å². The van der Waals surface area contributed by atoms with Crippen LogP contribution >= 0.6 is 0 Å². The number of nitrogens with one attached hydrogen (secondary N) is 2. The Morgan fingerprint density at radius 1 is 1.27 bits per heavy atom. The minimum absolute atomic E-state index is 0.103. The van der Waals surface area contributed by atoms with E-state index >= 15 is 0 Å². The number of amides is 2. The average molecular weight is 413 g/mol. The van der Waals surface area contributed by atoms with Crippen LogP contribution in [0.1, 0.15) is 18.9 Å². The Labute approximate surface area is 175 Å². The molecule has 3 heterocycles. The van der Waals surface area contributed by atoms with Gasteiger partial charge in [-0.2, -0.15) is 4.98 Å². The third kappa shape index (κ3) is 4.47. The van der Waals surface area contributed by atoms with Gasteiger partial charge in [0, 0.05) is 24.3 Å². The number of hydrogen-bond acceptors (Lipinski definition) is 7. The van der Waals surface area contributed by atoms with Crippen LogP contribution in [0.25, 0.3) is 11.4 Å². The summed E-state index contributed by atoms with van der Waals surface area (Å²) in [6.07, 6.45) is 1.86. The molecule has 0 bridgehead atoms. The minimum atomic E-state index is -0.362. The number of rotatable bonds is 5. The van der Waals surface area contributed by atoms with Crippen molar-refractivity contribution in [3.63, 3.8) is 0 Å². The van der Waals surface area contributed by atoms with Crippen molar-refractivity contribution < 1.29 is 19.4 Å². The Balaban J connectivity index is 1.61. The zero-order chi connectivity index (χ0) is 20.9. The first-order valence-corrected chi connectivity index (χ1v) is 10.3. The molecule has 3 N–H and O–H groups in total. The van der Waals surface area contributed by atoms with E-state index in [1.54, 1.807) is 12.1 Å². The van der Waals surface area contributed by atoms with Crippen LogP contribution in [-0.2, 0) is 11.2 Å². The van der Waals surface area contributed by atoms with Gasteiger partial charge in [-0.15, -0.1) is 0 Å². The number of carbonyl (C=O) groups is 1. The maximum atomic E-state index is 11.7. The van der Waals surface area contributed by atoms with E-state index in [2.05, 4.69) is 27.4 Å². The molecule has 9 nitrogen and oxygen atoms in total. The largest absolute Gasteiger partial charge is 0.477 e. The highest BCUT2D eigenvalue weighted by molar-refractivity contribution is 5.89. The predicted octanol–water partition coefficient (Wildman–Crippen LogP) is 1.81. The van der Waals surface area contributed by atoms with Crippen molar-refractivity contribution in [2.24, 2.45) is 0 Å². The van der Waals surface area contributed by atoms with E-state index in [4.69, 9.17) is 19.6 Å². The lowest BCUT2D eigenvalue weighted by Gasteiger charge is -2.36. The molecule has 1 saturated heterocycles. The lowest BCUT2D eigenvalue weighted by atomic mass is 10.1. The van der Waals surface area contributed by atoms with Crippen molar-refractivity contribution >= 4 is 17.5 Å². The van der Waals surface area contributed by atoms with Crippen molar-refractivity contribution in [2.75, 3.05) is 49.7 Å². The van der Waals surface area contributed by atoms with E-state index in [1.165, 1.54) is 0 Å². The molecule has 0 spiro atoms. The van der Waals surface area contributed by atoms with Crippen LogP contribution in [0.3, 0.4) is 0 Å². The molecule has 2 aliphatic rings. The molecule has 1 aromatic heterocycles. The van der Waals surface area contributed by atoms with Crippen molar-refractivity contribution in [3.8, 4) is 17.3 Å². The Kier molecular flexibility index (Phi) is 6.29. The first-order valence-electron chi connectivity index (χ1n) is 10.3. The number of benzene rings is 1. The number of urea groups is 1. The molecule has 9 heteroatoms. The number of hydrogen-bond donors (Lipinski definition) is 3. The average Bonchev–Trinajstić information content (AvgIpc) is 2.78. The summed E-state index contributed by atoms with van der Waals surface area (Å²) in [5.74, 6) is 2.18. The van der Waals surface area contributed by atoms with E-state index in [0.717, 1.165) is 36.3 Å². The van der Waals surface area contributed by atoms with Gasteiger partial charge < -0.3 is 30.1 Å². The normalized spacial score (nSPS) is 18.3. The van der Waals surface area contributed by atoms with Crippen LogP contribution < -0.4 is 20.3 Å². The summed E-state index contributed by atoms with van der Waals surface area (Å²) in [4.78, 5) is 23.6. The fraction of sp³-hybridized carbons (Fsp3) is 0.476. The molecule has 30 heavy (non-hydrogen) atoms. The van der Waals surface area contributed by atoms with Crippen LogP contribution in [0, 0.1) is 0 Å². The predicted molar refractivity (Wildman–Crippen MR) is 113 cm³/mol. The van der Waals surface area contributed by atoms with Gasteiger partial charge in [-0.25, -0.2) is 9.78 Å². The highest BCUT2D eigenvalue weighted by atomic mass is 16.5. The van der Waals surface area contributed by atoms with Gasteiger partial charge in [0.2, 0.25) is 5.88 Å². The summed E-state index contributed by atoms with van der Waals surface area (Å²) < 4.78 is 11.5. The first kappa shape index (κ1) is 20.4. The molecule has 160 valence electrons. The second-order valence-corrected chi connectivity index (χ2v) is 7.41. The number of nitrogens with zero attached hydrogens (tertiary/aromatic N) is 3. The quantitative estimate of drug-likeness (QED) is 0.686. The molecule has 2 aromatic rings. The molecule has 4 rings (SSSR count). The molecule has 1 aromatic carbocycles. The maximum absolute atomic E-state index is 11.7. The van der Waals surface area contributed by atoms with Gasteiger partial charge in [-0.3, -0.25) is 0 Å². The summed E-state index contributed by atoms with van der Waals surface area (Å²) in [6, 6.07) is 7.22. The summed E-state index contributed by atoms with van der Waals surface area (Å²) in [5, 5.41) is 14.1. The SMILES string of the molecule is C[C@H]1COCCN1c1nc(-c2ccc(NC(=O)NCCO)cc2)nc2c1CCCO2. The van der Waals surface area contributed by atoms with Gasteiger partial charge in [0.25, 0.3) is 0 Å². The summed E-state index contributed by atoms with van der Waals surface area (Å²) >= 11 is 0. The summed E-state index contributed by atoms with van der Waals surface area (Å²) in [7, 11) is 0. The third-order valence-electron chi connectivity index (χ3n) is 5.20. The van der Waals surface area contributed by atoms with Gasteiger partial charge in [-0.05, 0) is 44.0 Å². The van der Waals surface area contributed by atoms with Crippen LogP contribution in [0.2, 0.25) is 0 Å². The number of ether oxygens (including phenoxy) is 2. The van der Waals surface area contributed by atoms with Crippen molar-refractivity contribution in [3.05, 3.63) is 29.8 Å². The topological polar surface area (TPSA) is 109 Å². The molecule has 2 amide bonds. The highest BCUT2D eigenvalue weighted by Gasteiger charge is 2.28. The Morgan fingerprint density at radius 2 is 2.10 bits per heavy atom. The number of morpholine rings is 1. The van der Waals surface area contributed by atoms with Crippen molar-refractivity contribution in [2.45, 2.75) is 25.8 Å². The number of aromatic nitrogens is 2. The standard InChI is InChI=1S/C21H27N5O4/c1-14-13-29-12-9-26(14)19-17-3-2-11-30-20(17)25-18(24-19)15-4-6-16(7-5-15)23-21(28)22-8-10-27/h4-7,14,27H,2-3,8-13H2,1H3,(H2,22,23,28)/t14-/m0/s1. The van der Waals surface area contributed by atoms with Crippen molar-refractivity contribution in [1.29, 1.82) is 0 Å². The number of aliphatic hydroxyl groups excluding tert-OH is 1. The molecule has 1 atom stereocenters. The molecular formula is C21H27N5O4.